The van der Waals surface area contributed by atoms with Crippen LogP contribution in [-0.4, -0.2) is 43.0 Å². The first-order chi connectivity index (χ1) is 10.4. The summed E-state index contributed by atoms with van der Waals surface area (Å²) in [5.74, 6) is -16.2. The van der Waals surface area contributed by atoms with E-state index in [1.807, 2.05) is 6.92 Å². The predicted octanol–water partition coefficient (Wildman–Crippen LogP) is 3.06. The Balaban J connectivity index is 4.36. The molecule has 0 aromatic carbocycles. The minimum absolute atomic E-state index is 0.0585. The van der Waals surface area contributed by atoms with Crippen LogP contribution < -0.4 is 5.32 Å². The number of esters is 1. The molecule has 0 spiro atoms. The van der Waals surface area contributed by atoms with Gasteiger partial charge in [-0.3, -0.25) is 9.59 Å². The Bertz CT molecular complexity index is 410. The molecule has 0 atom stereocenters. The maximum atomic E-state index is 12.9. The summed E-state index contributed by atoms with van der Waals surface area (Å²) in [4.78, 5) is 21.9. The Morgan fingerprint density at radius 1 is 1.00 bits per heavy atom. The number of unbranched alkanes of at least 4 members (excludes halogenated alkanes) is 2. The molecule has 0 saturated heterocycles. The van der Waals surface area contributed by atoms with E-state index in [2.05, 4.69) is 4.74 Å². The zero-order chi connectivity index (χ0) is 18.3. The molecule has 0 fully saturated rings. The molecular formula is C12H16F7NO3. The number of halogens is 7. The van der Waals surface area contributed by atoms with Crippen molar-refractivity contribution in [2.24, 2.45) is 0 Å². The van der Waals surface area contributed by atoms with E-state index in [0.29, 0.717) is 6.42 Å². The number of carbonyl (C=O) groups excluding carboxylic acids is 2. The highest BCUT2D eigenvalue weighted by Crippen LogP contribution is 2.46. The van der Waals surface area contributed by atoms with Gasteiger partial charge in [0.25, 0.3) is 5.91 Å². The van der Waals surface area contributed by atoms with Crippen molar-refractivity contribution >= 4 is 11.9 Å². The molecule has 0 unspecified atom stereocenters. The van der Waals surface area contributed by atoms with Gasteiger partial charge >= 0.3 is 24.0 Å². The largest absolute Gasteiger partial charge is 0.466 e. The quantitative estimate of drug-likeness (QED) is 0.393. The van der Waals surface area contributed by atoms with Crippen LogP contribution in [0.4, 0.5) is 30.7 Å². The average molecular weight is 355 g/mol. The van der Waals surface area contributed by atoms with Gasteiger partial charge in [-0.2, -0.15) is 30.7 Å². The zero-order valence-electron chi connectivity index (χ0n) is 12.1. The lowest BCUT2D eigenvalue weighted by Crippen LogP contribution is -2.59. The van der Waals surface area contributed by atoms with Crippen LogP contribution in [0.2, 0.25) is 0 Å². The van der Waals surface area contributed by atoms with Gasteiger partial charge in [0.15, 0.2) is 0 Å². The molecule has 0 heterocycles. The van der Waals surface area contributed by atoms with Crippen LogP contribution in [0, 0.1) is 0 Å². The van der Waals surface area contributed by atoms with Gasteiger partial charge in [0.05, 0.1) is 13.0 Å². The van der Waals surface area contributed by atoms with Crippen molar-refractivity contribution in [3.63, 3.8) is 0 Å². The monoisotopic (exact) mass is 355 g/mol. The van der Waals surface area contributed by atoms with Crippen LogP contribution in [0.5, 0.6) is 0 Å². The van der Waals surface area contributed by atoms with Crippen molar-refractivity contribution in [2.75, 3.05) is 13.2 Å². The topological polar surface area (TPSA) is 55.4 Å². The van der Waals surface area contributed by atoms with E-state index >= 15 is 0 Å². The van der Waals surface area contributed by atoms with Crippen molar-refractivity contribution in [3.05, 3.63) is 0 Å². The molecule has 0 bridgehead atoms. The maximum Gasteiger partial charge on any atom is 0.460 e. The van der Waals surface area contributed by atoms with Gasteiger partial charge in [-0.1, -0.05) is 19.8 Å². The predicted molar refractivity (Wildman–Crippen MR) is 64.1 cm³/mol. The molecule has 11 heteroatoms. The Morgan fingerprint density at radius 3 is 2.04 bits per heavy atom. The van der Waals surface area contributed by atoms with Crippen LogP contribution in [-0.2, 0) is 14.3 Å². The normalized spacial score (nSPS) is 12.9. The molecule has 0 saturated carbocycles. The lowest BCUT2D eigenvalue weighted by molar-refractivity contribution is -0.344. The van der Waals surface area contributed by atoms with E-state index in [1.165, 1.54) is 0 Å². The third kappa shape index (κ3) is 5.87. The summed E-state index contributed by atoms with van der Waals surface area (Å²) in [6.45, 7) is 1.10. The van der Waals surface area contributed by atoms with Crippen LogP contribution in [0.3, 0.4) is 0 Å². The van der Waals surface area contributed by atoms with Crippen molar-refractivity contribution in [2.45, 2.75) is 50.6 Å². The second-order valence-corrected chi connectivity index (χ2v) is 4.58. The minimum Gasteiger partial charge on any atom is -0.466 e. The maximum absolute atomic E-state index is 12.9. The number of hydrogen-bond donors (Lipinski definition) is 1. The molecule has 1 amide bonds. The highest BCUT2D eigenvalue weighted by Gasteiger charge is 2.76. The molecule has 0 aliphatic carbocycles. The molecular weight excluding hydrogens is 339 g/mol. The minimum atomic E-state index is -6.59. The van der Waals surface area contributed by atoms with E-state index in [0.717, 1.165) is 18.2 Å². The molecule has 23 heavy (non-hydrogen) atoms. The van der Waals surface area contributed by atoms with E-state index < -0.39 is 42.9 Å². The first-order valence-electron chi connectivity index (χ1n) is 6.64. The fraction of sp³-hybridized carbons (Fsp3) is 0.833. The summed E-state index contributed by atoms with van der Waals surface area (Å²) in [7, 11) is 0. The third-order valence-electron chi connectivity index (χ3n) is 2.66. The molecule has 0 aliphatic heterocycles. The lowest BCUT2D eigenvalue weighted by Gasteiger charge is -2.26. The number of amides is 1. The molecule has 0 aliphatic rings. The van der Waals surface area contributed by atoms with Crippen LogP contribution in [0.15, 0.2) is 0 Å². The number of ether oxygens (including phenoxy) is 1. The van der Waals surface area contributed by atoms with Gasteiger partial charge in [-0.15, -0.1) is 0 Å². The van der Waals surface area contributed by atoms with Gasteiger partial charge in [0, 0.05) is 6.54 Å². The van der Waals surface area contributed by atoms with Crippen molar-refractivity contribution in [3.8, 4) is 0 Å². The number of hydrogen-bond acceptors (Lipinski definition) is 3. The summed E-state index contributed by atoms with van der Waals surface area (Å²) >= 11 is 0. The molecule has 0 aromatic heterocycles. The van der Waals surface area contributed by atoms with Gasteiger partial charge in [0.2, 0.25) is 0 Å². The fourth-order valence-electron chi connectivity index (χ4n) is 1.32. The molecule has 136 valence electrons. The molecule has 0 radical (unpaired) electrons. The summed E-state index contributed by atoms with van der Waals surface area (Å²) < 4.78 is 91.1. The second kappa shape index (κ2) is 8.34. The summed E-state index contributed by atoms with van der Waals surface area (Å²) in [5.41, 5.74) is 0. The molecule has 1 N–H and O–H groups in total. The van der Waals surface area contributed by atoms with Gasteiger partial charge in [-0.05, 0) is 6.42 Å². The van der Waals surface area contributed by atoms with Crippen LogP contribution >= 0.6 is 0 Å². The molecule has 0 rings (SSSR count). The van der Waals surface area contributed by atoms with Gasteiger partial charge < -0.3 is 10.1 Å². The number of rotatable bonds is 9. The number of nitrogens with one attached hydrogen (secondary N) is 1. The SMILES string of the molecule is CCCCCOC(=O)CCNC(=O)C(F)(F)C(F)(F)C(F)(F)F. The third-order valence-corrected chi connectivity index (χ3v) is 2.66. The Hall–Kier alpha value is -1.55. The first kappa shape index (κ1) is 21.4. The molecule has 0 aromatic rings. The second-order valence-electron chi connectivity index (χ2n) is 4.58. The molecule has 4 nitrogen and oxygen atoms in total. The van der Waals surface area contributed by atoms with Crippen LogP contribution in [0.1, 0.15) is 32.6 Å². The summed E-state index contributed by atoms with van der Waals surface area (Å²) in [6, 6.07) is 0. The average Bonchev–Trinajstić information content (AvgIpc) is 2.42. The first-order valence-corrected chi connectivity index (χ1v) is 6.64. The van der Waals surface area contributed by atoms with Crippen molar-refractivity contribution in [1.29, 1.82) is 0 Å². The van der Waals surface area contributed by atoms with E-state index in [-0.39, 0.29) is 6.61 Å². The summed E-state index contributed by atoms with van der Waals surface area (Å²) in [5, 5.41) is 1.16. The smallest absolute Gasteiger partial charge is 0.460 e. The Labute approximate surface area is 127 Å². The fourth-order valence-corrected chi connectivity index (χ4v) is 1.32. The Kier molecular flexibility index (Phi) is 7.78. The van der Waals surface area contributed by atoms with Gasteiger partial charge in [0.1, 0.15) is 0 Å². The lowest BCUT2D eigenvalue weighted by atomic mass is 10.1. The zero-order valence-corrected chi connectivity index (χ0v) is 12.1. The Morgan fingerprint density at radius 2 is 1.57 bits per heavy atom. The summed E-state index contributed by atoms with van der Waals surface area (Å²) in [6.07, 6.45) is -5.03. The van der Waals surface area contributed by atoms with Crippen molar-refractivity contribution < 1.29 is 45.1 Å². The number of carbonyl (C=O) groups is 2. The van der Waals surface area contributed by atoms with E-state index in [4.69, 9.17) is 0 Å². The van der Waals surface area contributed by atoms with E-state index in [9.17, 15) is 40.3 Å². The van der Waals surface area contributed by atoms with Crippen molar-refractivity contribution in [1.82, 2.24) is 5.32 Å². The van der Waals surface area contributed by atoms with E-state index in [1.54, 1.807) is 0 Å². The highest BCUT2D eigenvalue weighted by atomic mass is 19.4. The highest BCUT2D eigenvalue weighted by molar-refractivity contribution is 5.85. The van der Waals surface area contributed by atoms with Crippen LogP contribution in [0.25, 0.3) is 0 Å². The standard InChI is InChI=1S/C12H16F7NO3/c1-2-3-4-7-23-8(21)5-6-20-9(22)10(13,14)11(15,16)12(17,18)19/h2-7H2,1H3,(H,20,22). The van der Waals surface area contributed by atoms with Gasteiger partial charge in [-0.25, -0.2) is 0 Å². The number of alkyl halides is 7.